The molecule has 1 amide bonds. The smallest absolute Gasteiger partial charge is 0.233 e. The van der Waals surface area contributed by atoms with Gasteiger partial charge in [0.2, 0.25) is 5.91 Å². The summed E-state index contributed by atoms with van der Waals surface area (Å²) in [5, 5.41) is 0. The highest BCUT2D eigenvalue weighted by atomic mass is 79.9. The highest BCUT2D eigenvalue weighted by Gasteiger charge is 2.15. The Labute approximate surface area is 143 Å². The lowest BCUT2D eigenvalue weighted by Crippen LogP contribution is -3.00. The highest BCUT2D eigenvalue weighted by molar-refractivity contribution is 5.93. The molecule has 1 heterocycles. The highest BCUT2D eigenvalue weighted by Crippen LogP contribution is 2.16. The van der Waals surface area contributed by atoms with Gasteiger partial charge in [-0.1, -0.05) is 12.1 Å². The molecule has 0 atom stereocenters. The first kappa shape index (κ1) is 18.4. The van der Waals surface area contributed by atoms with Crippen molar-refractivity contribution in [3.8, 4) is 0 Å². The molecule has 0 saturated carbocycles. The van der Waals surface area contributed by atoms with Crippen molar-refractivity contribution in [3.63, 3.8) is 0 Å². The first-order chi connectivity index (χ1) is 10.1. The number of nitrogens with zero attached hydrogens (tertiary/aromatic N) is 2. The summed E-state index contributed by atoms with van der Waals surface area (Å²) in [6, 6.07) is 12.2. The Morgan fingerprint density at radius 2 is 1.77 bits per heavy atom. The minimum absolute atomic E-state index is 0. The van der Waals surface area contributed by atoms with E-state index in [2.05, 4.69) is 29.7 Å². The van der Waals surface area contributed by atoms with E-state index in [1.54, 1.807) is 0 Å². The maximum absolute atomic E-state index is 12.4. The first-order valence-corrected chi connectivity index (χ1v) is 7.43. The second kappa shape index (κ2) is 8.69. The number of halogens is 1. The van der Waals surface area contributed by atoms with Crippen LogP contribution in [0.1, 0.15) is 24.5 Å². The van der Waals surface area contributed by atoms with Gasteiger partial charge >= 0.3 is 0 Å². The first-order valence-electron chi connectivity index (χ1n) is 7.43. The van der Waals surface area contributed by atoms with Crippen LogP contribution in [0.25, 0.3) is 0 Å². The number of carbonyl (C=O) groups is 1. The predicted molar refractivity (Wildman–Crippen MR) is 85.2 cm³/mol. The summed E-state index contributed by atoms with van der Waals surface area (Å²) >= 11 is 0. The number of aryl methyl sites for hydroxylation is 3. The van der Waals surface area contributed by atoms with Crippen molar-refractivity contribution in [3.05, 3.63) is 59.9 Å². The van der Waals surface area contributed by atoms with Gasteiger partial charge in [0.15, 0.2) is 18.9 Å². The molecule has 1 aromatic heterocycles. The number of carbonyl (C=O) groups excluding carboxylic acids is 1. The van der Waals surface area contributed by atoms with E-state index in [4.69, 9.17) is 0 Å². The molecular formula is C18H23BrN2O. The molecule has 118 valence electrons. The van der Waals surface area contributed by atoms with E-state index in [-0.39, 0.29) is 22.9 Å². The molecule has 3 nitrogen and oxygen atoms in total. The SMILES string of the molecule is CCN(C(=O)CC[n+]1ccc(C)cc1)c1cccc(C)c1.[Br-]. The summed E-state index contributed by atoms with van der Waals surface area (Å²) in [7, 11) is 0. The number of anilines is 1. The molecular weight excluding hydrogens is 340 g/mol. The fraction of sp³-hybridized carbons (Fsp3) is 0.333. The van der Waals surface area contributed by atoms with Crippen LogP contribution in [0.5, 0.6) is 0 Å². The summed E-state index contributed by atoms with van der Waals surface area (Å²) in [5.74, 6) is 0.163. The lowest BCUT2D eigenvalue weighted by Gasteiger charge is -2.21. The van der Waals surface area contributed by atoms with Crippen molar-refractivity contribution in [2.24, 2.45) is 0 Å². The Morgan fingerprint density at radius 1 is 1.09 bits per heavy atom. The zero-order valence-electron chi connectivity index (χ0n) is 13.4. The van der Waals surface area contributed by atoms with Crippen LogP contribution in [0.4, 0.5) is 5.69 Å². The van der Waals surface area contributed by atoms with Gasteiger partial charge in [-0.15, -0.1) is 0 Å². The number of aromatic nitrogens is 1. The molecule has 2 aromatic rings. The second-order valence-electron chi connectivity index (χ2n) is 5.34. The van der Waals surface area contributed by atoms with Crippen LogP contribution in [0, 0.1) is 13.8 Å². The topological polar surface area (TPSA) is 24.2 Å². The molecule has 0 spiro atoms. The average Bonchev–Trinajstić information content (AvgIpc) is 2.47. The molecule has 0 aliphatic carbocycles. The number of amides is 1. The monoisotopic (exact) mass is 362 g/mol. The second-order valence-corrected chi connectivity index (χ2v) is 5.34. The van der Waals surface area contributed by atoms with Crippen molar-refractivity contribution < 1.29 is 26.3 Å². The normalized spacial score (nSPS) is 9.95. The van der Waals surface area contributed by atoms with Gasteiger partial charge in [-0.05, 0) is 44.0 Å². The quantitative estimate of drug-likeness (QED) is 0.689. The van der Waals surface area contributed by atoms with Crippen molar-refractivity contribution in [1.82, 2.24) is 0 Å². The number of benzene rings is 1. The fourth-order valence-corrected chi connectivity index (χ4v) is 2.34. The van der Waals surface area contributed by atoms with E-state index >= 15 is 0 Å². The number of hydrogen-bond acceptors (Lipinski definition) is 1. The van der Waals surface area contributed by atoms with E-state index in [9.17, 15) is 4.79 Å². The van der Waals surface area contributed by atoms with Crippen LogP contribution in [-0.4, -0.2) is 12.5 Å². The Bertz CT molecular complexity index is 611. The maximum atomic E-state index is 12.4. The van der Waals surface area contributed by atoms with Crippen LogP contribution in [0.2, 0.25) is 0 Å². The molecule has 0 aliphatic rings. The number of hydrogen-bond donors (Lipinski definition) is 0. The molecule has 0 N–H and O–H groups in total. The lowest BCUT2D eigenvalue weighted by molar-refractivity contribution is -0.695. The minimum atomic E-state index is 0. The predicted octanol–water partition coefficient (Wildman–Crippen LogP) is 0.0381. The molecule has 2 rings (SSSR count). The van der Waals surface area contributed by atoms with E-state index < -0.39 is 0 Å². The van der Waals surface area contributed by atoms with Crippen molar-refractivity contribution in [1.29, 1.82) is 0 Å². The van der Waals surface area contributed by atoms with Gasteiger partial charge in [-0.25, -0.2) is 4.57 Å². The molecule has 0 bridgehead atoms. The van der Waals surface area contributed by atoms with Gasteiger partial charge in [0.05, 0.1) is 6.42 Å². The zero-order valence-corrected chi connectivity index (χ0v) is 15.0. The standard InChI is InChI=1S/C18H23N2O.BrH/c1-4-20(17-7-5-6-16(3)14-17)18(21)10-13-19-11-8-15(2)9-12-19;/h5-9,11-12,14H,4,10,13H2,1-3H3;1H/q+1;/p-1. The van der Waals surface area contributed by atoms with Crippen LogP contribution in [0.3, 0.4) is 0 Å². The maximum Gasteiger partial charge on any atom is 0.233 e. The van der Waals surface area contributed by atoms with Gasteiger partial charge in [0, 0.05) is 24.4 Å². The van der Waals surface area contributed by atoms with E-state index in [1.807, 2.05) is 49.3 Å². The third-order valence-electron chi connectivity index (χ3n) is 3.57. The largest absolute Gasteiger partial charge is 1.00 e. The number of rotatable bonds is 5. The van der Waals surface area contributed by atoms with E-state index in [0.29, 0.717) is 19.5 Å². The molecule has 0 fully saturated rings. The summed E-state index contributed by atoms with van der Waals surface area (Å²) in [6.07, 6.45) is 4.55. The molecule has 0 aliphatic heterocycles. The molecule has 0 radical (unpaired) electrons. The van der Waals surface area contributed by atoms with Gasteiger partial charge in [0.1, 0.15) is 0 Å². The Kier molecular flexibility index (Phi) is 7.25. The van der Waals surface area contributed by atoms with Crippen LogP contribution in [0.15, 0.2) is 48.8 Å². The third-order valence-corrected chi connectivity index (χ3v) is 3.57. The van der Waals surface area contributed by atoms with E-state index in [1.165, 1.54) is 11.1 Å². The molecule has 1 aromatic carbocycles. The fourth-order valence-electron chi connectivity index (χ4n) is 2.34. The molecule has 0 saturated heterocycles. The lowest BCUT2D eigenvalue weighted by atomic mass is 10.2. The summed E-state index contributed by atoms with van der Waals surface area (Å²) in [4.78, 5) is 14.3. The van der Waals surface area contributed by atoms with Crippen molar-refractivity contribution in [2.45, 2.75) is 33.7 Å². The minimum Gasteiger partial charge on any atom is -1.00 e. The molecule has 0 unspecified atom stereocenters. The van der Waals surface area contributed by atoms with Gasteiger partial charge in [0.25, 0.3) is 0 Å². The van der Waals surface area contributed by atoms with Crippen molar-refractivity contribution in [2.75, 3.05) is 11.4 Å². The van der Waals surface area contributed by atoms with Crippen LogP contribution >= 0.6 is 0 Å². The summed E-state index contributed by atoms with van der Waals surface area (Å²) in [5.41, 5.74) is 3.38. The van der Waals surface area contributed by atoms with Gasteiger partial charge < -0.3 is 21.9 Å². The van der Waals surface area contributed by atoms with E-state index in [0.717, 1.165) is 5.69 Å². The Hall–Kier alpha value is -1.68. The molecule has 4 heteroatoms. The molecule has 22 heavy (non-hydrogen) atoms. The van der Waals surface area contributed by atoms with Crippen LogP contribution in [-0.2, 0) is 11.3 Å². The van der Waals surface area contributed by atoms with Crippen molar-refractivity contribution >= 4 is 11.6 Å². The number of pyridine rings is 1. The van der Waals surface area contributed by atoms with Gasteiger partial charge in [-0.2, -0.15) is 0 Å². The zero-order chi connectivity index (χ0) is 15.2. The summed E-state index contributed by atoms with van der Waals surface area (Å²) in [6.45, 7) is 7.53. The Morgan fingerprint density at radius 3 is 2.36 bits per heavy atom. The third kappa shape index (κ3) is 4.95. The summed E-state index contributed by atoms with van der Waals surface area (Å²) < 4.78 is 2.05. The van der Waals surface area contributed by atoms with Crippen LogP contribution < -0.4 is 26.4 Å². The Balaban J connectivity index is 0.00000242. The van der Waals surface area contributed by atoms with Gasteiger partial charge in [-0.3, -0.25) is 4.79 Å². The average molecular weight is 363 g/mol.